The van der Waals surface area contributed by atoms with Gasteiger partial charge in [-0.1, -0.05) is 85.4 Å². The Bertz CT molecular complexity index is 1410. The minimum Gasteiger partial charge on any atom is -0.461 e. The second kappa shape index (κ2) is 8.09. The highest BCUT2D eigenvalue weighted by atomic mass is 32.2. The molecule has 0 fully saturated rings. The molecule has 2 atom stereocenters. The SMILES string of the molecule is C=C1C(c2ccccc2)c2c(C)oc(-c3ccccc3)c2C1N(c1ccccc1)S(C)(=O)=O. The molecule has 0 saturated heterocycles. The van der Waals surface area contributed by atoms with Gasteiger partial charge in [0.25, 0.3) is 0 Å². The molecule has 4 aromatic rings. The van der Waals surface area contributed by atoms with Crippen molar-refractivity contribution in [3.8, 4) is 11.3 Å². The number of para-hydroxylation sites is 1. The smallest absolute Gasteiger partial charge is 0.233 e. The average Bonchev–Trinajstić information content (AvgIpc) is 3.29. The van der Waals surface area contributed by atoms with Crippen LogP contribution < -0.4 is 4.31 Å². The van der Waals surface area contributed by atoms with Crippen LogP contribution >= 0.6 is 0 Å². The van der Waals surface area contributed by atoms with Crippen molar-refractivity contribution in [2.45, 2.75) is 18.9 Å². The van der Waals surface area contributed by atoms with E-state index in [9.17, 15) is 8.42 Å². The van der Waals surface area contributed by atoms with Gasteiger partial charge in [0.1, 0.15) is 11.5 Å². The topological polar surface area (TPSA) is 50.5 Å². The summed E-state index contributed by atoms with van der Waals surface area (Å²) >= 11 is 0. The van der Waals surface area contributed by atoms with Crippen LogP contribution in [0.15, 0.2) is 108 Å². The van der Waals surface area contributed by atoms with E-state index in [1.165, 1.54) is 10.6 Å². The number of aryl methyl sites for hydroxylation is 1. The van der Waals surface area contributed by atoms with Gasteiger partial charge >= 0.3 is 0 Å². The first-order valence-corrected chi connectivity index (χ1v) is 12.7. The molecule has 33 heavy (non-hydrogen) atoms. The van der Waals surface area contributed by atoms with E-state index in [0.29, 0.717) is 11.4 Å². The normalized spacial score (nSPS) is 17.7. The second-order valence-corrected chi connectivity index (χ2v) is 10.3. The van der Waals surface area contributed by atoms with Crippen LogP contribution in [-0.2, 0) is 10.0 Å². The van der Waals surface area contributed by atoms with Crippen LogP contribution in [0.2, 0.25) is 0 Å². The third-order valence-corrected chi connectivity index (χ3v) is 7.36. The highest BCUT2D eigenvalue weighted by Gasteiger charge is 2.46. The largest absolute Gasteiger partial charge is 0.461 e. The van der Waals surface area contributed by atoms with E-state index in [1.807, 2.05) is 85.8 Å². The fourth-order valence-corrected chi connectivity index (χ4v) is 6.07. The molecule has 0 aliphatic heterocycles. The van der Waals surface area contributed by atoms with Gasteiger partial charge in [-0.15, -0.1) is 0 Å². The first-order chi connectivity index (χ1) is 15.9. The molecule has 0 amide bonds. The average molecular weight is 456 g/mol. The number of anilines is 1. The molecular formula is C28H25NO3S. The van der Waals surface area contributed by atoms with Crippen LogP contribution in [0.1, 0.15) is 34.4 Å². The van der Waals surface area contributed by atoms with E-state index in [4.69, 9.17) is 4.42 Å². The summed E-state index contributed by atoms with van der Waals surface area (Å²) in [4.78, 5) is 0. The van der Waals surface area contributed by atoms with E-state index in [2.05, 4.69) is 18.7 Å². The summed E-state index contributed by atoms with van der Waals surface area (Å²) in [5.74, 6) is 1.31. The fourth-order valence-electron chi connectivity index (χ4n) is 4.94. The molecule has 1 heterocycles. The van der Waals surface area contributed by atoms with Gasteiger partial charge in [0.05, 0.1) is 18.0 Å². The van der Waals surface area contributed by atoms with Crippen LogP contribution in [0, 0.1) is 6.92 Å². The lowest BCUT2D eigenvalue weighted by molar-refractivity contribution is 0.535. The highest BCUT2D eigenvalue weighted by molar-refractivity contribution is 7.92. The summed E-state index contributed by atoms with van der Waals surface area (Å²) in [6.45, 7) is 6.42. The maximum atomic E-state index is 13.2. The summed E-state index contributed by atoms with van der Waals surface area (Å²) in [7, 11) is -3.64. The summed E-state index contributed by atoms with van der Waals surface area (Å²) in [5, 5.41) is 0. The summed E-state index contributed by atoms with van der Waals surface area (Å²) in [6, 6.07) is 28.5. The van der Waals surface area contributed by atoms with Crippen LogP contribution in [-0.4, -0.2) is 14.7 Å². The van der Waals surface area contributed by atoms with Gasteiger partial charge in [0.15, 0.2) is 0 Å². The lowest BCUT2D eigenvalue weighted by Gasteiger charge is -2.31. The Balaban J connectivity index is 1.81. The van der Waals surface area contributed by atoms with E-state index >= 15 is 0 Å². The standard InChI is InChI=1S/C28H25NO3S/c1-19-24(21-13-7-4-8-14-21)25-20(2)32-28(22-15-9-5-10-16-22)26(25)27(19)29(33(3,30)31)23-17-11-6-12-18-23/h4-18,24,27H,1H2,2-3H3. The molecule has 1 aliphatic rings. The molecule has 4 nitrogen and oxygen atoms in total. The molecule has 0 N–H and O–H groups in total. The molecule has 1 aromatic heterocycles. The minimum absolute atomic E-state index is 0.166. The van der Waals surface area contributed by atoms with E-state index in [-0.39, 0.29) is 5.92 Å². The molecule has 166 valence electrons. The van der Waals surface area contributed by atoms with E-state index in [0.717, 1.165) is 33.6 Å². The van der Waals surface area contributed by atoms with E-state index in [1.54, 1.807) is 0 Å². The quantitative estimate of drug-likeness (QED) is 0.324. The van der Waals surface area contributed by atoms with Gasteiger partial charge in [-0.3, -0.25) is 4.31 Å². The fraction of sp³-hybridized carbons (Fsp3) is 0.143. The van der Waals surface area contributed by atoms with E-state index < -0.39 is 16.1 Å². The Kier molecular flexibility index (Phi) is 5.22. The number of benzene rings is 3. The number of sulfonamides is 1. The number of hydrogen-bond acceptors (Lipinski definition) is 3. The van der Waals surface area contributed by atoms with Gasteiger partial charge in [-0.2, -0.15) is 0 Å². The maximum absolute atomic E-state index is 13.2. The minimum atomic E-state index is -3.64. The van der Waals surface area contributed by atoms with Gasteiger partial charge in [0.2, 0.25) is 10.0 Å². The van der Waals surface area contributed by atoms with Crippen LogP contribution in [0.5, 0.6) is 0 Å². The van der Waals surface area contributed by atoms with Gasteiger partial charge in [-0.05, 0) is 30.2 Å². The zero-order valence-electron chi connectivity index (χ0n) is 18.6. The Morgan fingerprint density at radius 3 is 1.94 bits per heavy atom. The lowest BCUT2D eigenvalue weighted by Crippen LogP contribution is -2.34. The summed E-state index contributed by atoms with van der Waals surface area (Å²) < 4.78 is 34.3. The second-order valence-electron chi connectivity index (χ2n) is 8.40. The van der Waals surface area contributed by atoms with Gasteiger partial charge in [-0.25, -0.2) is 8.42 Å². The number of rotatable bonds is 5. The number of nitrogens with zero attached hydrogens (tertiary/aromatic N) is 1. The maximum Gasteiger partial charge on any atom is 0.233 e. The third kappa shape index (κ3) is 3.58. The first kappa shape index (κ1) is 21.3. The van der Waals surface area contributed by atoms with Gasteiger partial charge in [0, 0.05) is 22.6 Å². The molecule has 0 saturated carbocycles. The number of furan rings is 1. The third-order valence-electron chi connectivity index (χ3n) is 6.22. The molecule has 1 aliphatic carbocycles. The van der Waals surface area contributed by atoms with Crippen molar-refractivity contribution in [1.82, 2.24) is 0 Å². The highest BCUT2D eigenvalue weighted by Crippen LogP contribution is 2.56. The van der Waals surface area contributed by atoms with Crippen molar-refractivity contribution >= 4 is 15.7 Å². The predicted molar refractivity (Wildman–Crippen MR) is 133 cm³/mol. The van der Waals surface area contributed by atoms with Crippen molar-refractivity contribution in [3.05, 3.63) is 126 Å². The zero-order valence-corrected chi connectivity index (χ0v) is 19.4. The van der Waals surface area contributed by atoms with Crippen molar-refractivity contribution < 1.29 is 12.8 Å². The van der Waals surface area contributed by atoms with Crippen LogP contribution in [0.4, 0.5) is 5.69 Å². The Morgan fingerprint density at radius 2 is 1.36 bits per heavy atom. The van der Waals surface area contributed by atoms with Gasteiger partial charge < -0.3 is 4.42 Å². The number of hydrogen-bond donors (Lipinski definition) is 0. The van der Waals surface area contributed by atoms with Crippen molar-refractivity contribution in [2.75, 3.05) is 10.6 Å². The Labute approximate surface area is 194 Å². The predicted octanol–water partition coefficient (Wildman–Crippen LogP) is 6.46. The summed E-state index contributed by atoms with van der Waals surface area (Å²) in [6.07, 6.45) is 1.25. The Hall–Kier alpha value is -3.57. The zero-order chi connectivity index (χ0) is 23.2. The van der Waals surface area contributed by atoms with Crippen molar-refractivity contribution in [3.63, 3.8) is 0 Å². The molecule has 0 spiro atoms. The van der Waals surface area contributed by atoms with Crippen molar-refractivity contribution in [2.24, 2.45) is 0 Å². The Morgan fingerprint density at radius 1 is 0.818 bits per heavy atom. The monoisotopic (exact) mass is 455 g/mol. The molecule has 5 rings (SSSR count). The number of fused-ring (bicyclic) bond motifs is 1. The molecule has 3 aromatic carbocycles. The lowest BCUT2D eigenvalue weighted by atomic mass is 9.90. The van der Waals surface area contributed by atoms with Crippen molar-refractivity contribution in [1.29, 1.82) is 0 Å². The van der Waals surface area contributed by atoms with Crippen LogP contribution in [0.3, 0.4) is 0 Å². The summed E-state index contributed by atoms with van der Waals surface area (Å²) in [5.41, 5.74) is 5.26. The van der Waals surface area contributed by atoms with Crippen LogP contribution in [0.25, 0.3) is 11.3 Å². The molecule has 0 radical (unpaired) electrons. The molecule has 5 heteroatoms. The first-order valence-electron chi connectivity index (χ1n) is 10.8. The molecular weight excluding hydrogens is 430 g/mol. The molecule has 0 bridgehead atoms. The molecule has 2 unspecified atom stereocenters.